The van der Waals surface area contributed by atoms with Crippen molar-refractivity contribution in [2.45, 2.75) is 25.6 Å². The number of aromatic nitrogens is 1. The monoisotopic (exact) mass is 534 g/mol. The SMILES string of the molecule is COc1cc(C(=O)N2Cc3ccc(C(=O)N4CC[C@@H](N(C)C)C4)n3Cc3ccccc32)ccc1-c1ccccc1. The molecular weight excluding hydrogens is 500 g/mol. The lowest BCUT2D eigenvalue weighted by Crippen LogP contribution is -2.35. The molecule has 7 heteroatoms. The first-order valence-corrected chi connectivity index (χ1v) is 13.7. The van der Waals surface area contributed by atoms with Crippen molar-refractivity contribution in [3.8, 4) is 16.9 Å². The first-order chi connectivity index (χ1) is 19.4. The molecule has 204 valence electrons. The van der Waals surface area contributed by atoms with Crippen LogP contribution in [0, 0.1) is 0 Å². The van der Waals surface area contributed by atoms with Gasteiger partial charge in [-0.25, -0.2) is 0 Å². The Balaban J connectivity index is 1.33. The van der Waals surface area contributed by atoms with Gasteiger partial charge in [-0.05, 0) is 68.0 Å². The Hall–Kier alpha value is -4.36. The zero-order valence-corrected chi connectivity index (χ0v) is 23.2. The molecule has 2 amide bonds. The molecule has 3 aromatic carbocycles. The topological polar surface area (TPSA) is 58.0 Å². The number of para-hydroxylation sites is 1. The molecule has 0 radical (unpaired) electrons. The van der Waals surface area contributed by atoms with E-state index in [0.717, 1.165) is 47.6 Å². The number of rotatable bonds is 5. The molecule has 2 aliphatic heterocycles. The average molecular weight is 535 g/mol. The molecule has 0 spiro atoms. The quantitative estimate of drug-likeness (QED) is 0.356. The van der Waals surface area contributed by atoms with Gasteiger partial charge in [-0.1, -0.05) is 48.5 Å². The van der Waals surface area contributed by atoms with Crippen LogP contribution in [-0.2, 0) is 13.1 Å². The predicted molar refractivity (Wildman–Crippen MR) is 157 cm³/mol. The molecule has 3 heterocycles. The molecular formula is C33H34N4O3. The summed E-state index contributed by atoms with van der Waals surface area (Å²) in [5, 5.41) is 0. The second kappa shape index (κ2) is 10.7. The van der Waals surface area contributed by atoms with Crippen molar-refractivity contribution in [1.82, 2.24) is 14.4 Å². The molecule has 0 N–H and O–H groups in total. The van der Waals surface area contributed by atoms with E-state index in [2.05, 4.69) is 23.6 Å². The van der Waals surface area contributed by atoms with Gasteiger partial charge in [-0.15, -0.1) is 0 Å². The number of anilines is 1. The number of benzene rings is 3. The molecule has 0 unspecified atom stereocenters. The molecule has 0 bridgehead atoms. The second-order valence-corrected chi connectivity index (χ2v) is 10.8. The fourth-order valence-electron chi connectivity index (χ4n) is 5.87. The first kappa shape index (κ1) is 25.9. The standard InChI is InChI=1S/C33H34N4O3/c1-34(2)26-17-18-35(21-26)33(39)30-16-14-27-22-37(29-12-8-7-11-25(29)20-36(27)30)32(38)24-13-15-28(31(19-24)40-3)23-9-5-4-6-10-23/h4-16,19,26H,17-18,20-22H2,1-3H3/t26-/m1/s1. The van der Waals surface area contributed by atoms with E-state index in [1.54, 1.807) is 7.11 Å². The molecule has 6 rings (SSSR count). The van der Waals surface area contributed by atoms with E-state index >= 15 is 0 Å². The van der Waals surface area contributed by atoms with Crippen molar-refractivity contribution < 1.29 is 14.3 Å². The van der Waals surface area contributed by atoms with Crippen LogP contribution in [0.2, 0.25) is 0 Å². The maximum absolute atomic E-state index is 14.1. The van der Waals surface area contributed by atoms with E-state index in [1.807, 2.05) is 94.7 Å². The maximum Gasteiger partial charge on any atom is 0.270 e. The van der Waals surface area contributed by atoms with E-state index in [9.17, 15) is 9.59 Å². The summed E-state index contributed by atoms with van der Waals surface area (Å²) in [4.78, 5) is 33.6. The highest BCUT2D eigenvalue weighted by molar-refractivity contribution is 6.07. The Morgan fingerprint density at radius 2 is 1.65 bits per heavy atom. The first-order valence-electron chi connectivity index (χ1n) is 13.7. The van der Waals surface area contributed by atoms with Gasteiger partial charge in [0.25, 0.3) is 11.8 Å². The highest BCUT2D eigenvalue weighted by Gasteiger charge is 2.32. The van der Waals surface area contributed by atoms with Crippen LogP contribution >= 0.6 is 0 Å². The molecule has 0 saturated carbocycles. The minimum Gasteiger partial charge on any atom is -0.496 e. The zero-order valence-electron chi connectivity index (χ0n) is 23.2. The van der Waals surface area contributed by atoms with E-state index in [-0.39, 0.29) is 11.8 Å². The van der Waals surface area contributed by atoms with Crippen LogP contribution in [0.5, 0.6) is 5.75 Å². The van der Waals surface area contributed by atoms with Crippen LogP contribution in [0.4, 0.5) is 5.69 Å². The molecule has 1 saturated heterocycles. The van der Waals surface area contributed by atoms with Crippen LogP contribution in [0.25, 0.3) is 11.1 Å². The van der Waals surface area contributed by atoms with Crippen LogP contribution in [-0.4, -0.2) is 66.5 Å². The summed E-state index contributed by atoms with van der Waals surface area (Å²) in [7, 11) is 5.76. The van der Waals surface area contributed by atoms with Gasteiger partial charge in [0.05, 0.1) is 20.2 Å². The number of carbonyl (C=O) groups excluding carboxylic acids is 2. The lowest BCUT2D eigenvalue weighted by atomic mass is 10.0. The van der Waals surface area contributed by atoms with Crippen molar-refractivity contribution >= 4 is 17.5 Å². The Labute approximate surface area is 235 Å². The number of nitrogens with zero attached hydrogens (tertiary/aromatic N) is 4. The highest BCUT2D eigenvalue weighted by atomic mass is 16.5. The van der Waals surface area contributed by atoms with Gasteiger partial charge >= 0.3 is 0 Å². The van der Waals surface area contributed by atoms with E-state index in [4.69, 9.17) is 4.74 Å². The van der Waals surface area contributed by atoms with Crippen molar-refractivity contribution in [2.24, 2.45) is 0 Å². The van der Waals surface area contributed by atoms with Crippen LogP contribution < -0.4 is 9.64 Å². The fraction of sp³-hybridized carbons (Fsp3) is 0.273. The summed E-state index contributed by atoms with van der Waals surface area (Å²) in [6.07, 6.45) is 0.976. The lowest BCUT2D eigenvalue weighted by Gasteiger charge is -2.23. The third-order valence-corrected chi connectivity index (χ3v) is 8.18. The maximum atomic E-state index is 14.1. The van der Waals surface area contributed by atoms with Crippen molar-refractivity contribution in [3.05, 3.63) is 107 Å². The van der Waals surface area contributed by atoms with Crippen LogP contribution in [0.15, 0.2) is 84.9 Å². The molecule has 40 heavy (non-hydrogen) atoms. The summed E-state index contributed by atoms with van der Waals surface area (Å²) in [5.74, 6) is 0.591. The number of carbonyl (C=O) groups is 2. The summed E-state index contributed by atoms with van der Waals surface area (Å²) in [6, 6.07) is 27.9. The Bertz CT molecular complexity index is 1560. The van der Waals surface area contributed by atoms with Crippen molar-refractivity contribution in [2.75, 3.05) is 39.2 Å². The lowest BCUT2D eigenvalue weighted by molar-refractivity contribution is 0.0772. The molecule has 1 atom stereocenters. The summed E-state index contributed by atoms with van der Waals surface area (Å²) >= 11 is 0. The van der Waals surface area contributed by atoms with E-state index in [0.29, 0.717) is 36.1 Å². The number of likely N-dealkylation sites (N-methyl/N-ethyl adjacent to an activating group) is 1. The van der Waals surface area contributed by atoms with E-state index in [1.165, 1.54) is 0 Å². The molecule has 1 aromatic heterocycles. The number of methoxy groups -OCH3 is 1. The van der Waals surface area contributed by atoms with Crippen LogP contribution in [0.1, 0.15) is 38.5 Å². The molecule has 1 fully saturated rings. The molecule has 0 aliphatic carbocycles. The third-order valence-electron chi connectivity index (χ3n) is 8.18. The number of likely N-dealkylation sites (tertiary alicyclic amines) is 1. The predicted octanol–water partition coefficient (Wildman–Crippen LogP) is 5.15. The Morgan fingerprint density at radius 1 is 0.875 bits per heavy atom. The average Bonchev–Trinajstić information content (AvgIpc) is 3.60. The second-order valence-electron chi connectivity index (χ2n) is 10.8. The van der Waals surface area contributed by atoms with Gasteiger partial charge in [-0.2, -0.15) is 0 Å². The largest absolute Gasteiger partial charge is 0.496 e. The normalized spacial score (nSPS) is 16.4. The fourth-order valence-corrected chi connectivity index (χ4v) is 5.87. The highest BCUT2D eigenvalue weighted by Crippen LogP contribution is 2.34. The van der Waals surface area contributed by atoms with Crippen molar-refractivity contribution in [3.63, 3.8) is 0 Å². The number of hydrogen-bond donors (Lipinski definition) is 0. The van der Waals surface area contributed by atoms with Gasteiger partial charge in [-0.3, -0.25) is 9.59 Å². The zero-order chi connectivity index (χ0) is 27.8. The summed E-state index contributed by atoms with van der Waals surface area (Å²) in [5.41, 5.74) is 5.98. The smallest absolute Gasteiger partial charge is 0.270 e. The number of fused-ring (bicyclic) bond motifs is 2. The Kier molecular flexibility index (Phi) is 6.90. The molecule has 2 aliphatic rings. The number of hydrogen-bond acceptors (Lipinski definition) is 4. The third kappa shape index (κ3) is 4.67. The number of amides is 2. The van der Waals surface area contributed by atoms with E-state index < -0.39 is 0 Å². The summed E-state index contributed by atoms with van der Waals surface area (Å²) in [6.45, 7) is 2.38. The Morgan fingerprint density at radius 3 is 2.40 bits per heavy atom. The van der Waals surface area contributed by atoms with Gasteiger partial charge in [0, 0.05) is 41.6 Å². The molecule has 4 aromatic rings. The van der Waals surface area contributed by atoms with Gasteiger partial charge in [0.15, 0.2) is 0 Å². The number of ether oxygens (including phenoxy) is 1. The van der Waals surface area contributed by atoms with Gasteiger partial charge in [0.2, 0.25) is 0 Å². The van der Waals surface area contributed by atoms with Gasteiger partial charge < -0.3 is 24.0 Å². The minimum absolute atomic E-state index is 0.0501. The molecule has 7 nitrogen and oxygen atoms in total. The van der Waals surface area contributed by atoms with Crippen LogP contribution in [0.3, 0.4) is 0 Å². The summed E-state index contributed by atoms with van der Waals surface area (Å²) < 4.78 is 7.79. The minimum atomic E-state index is -0.110. The van der Waals surface area contributed by atoms with Gasteiger partial charge in [0.1, 0.15) is 11.4 Å². The van der Waals surface area contributed by atoms with Crippen molar-refractivity contribution in [1.29, 1.82) is 0 Å².